The molecule has 4 aromatic rings. The summed E-state index contributed by atoms with van der Waals surface area (Å²) in [4.78, 5) is 29.7. The molecule has 0 fully saturated rings. The average molecular weight is 411 g/mol. The summed E-state index contributed by atoms with van der Waals surface area (Å²) in [6, 6.07) is 12.9. The standard InChI is InChI=1S/C18H13N5O3S2/c24-13-9-23(11-5-2-1-3-6-11)22-15(13)17(26)21-20-16(25)12-10-28-18(19-12)14-7-4-8-27-14/h1-10,24H,(H,20,25)(H,21,26). The third-order valence-electron chi connectivity index (χ3n) is 3.69. The lowest BCUT2D eigenvalue weighted by Gasteiger charge is -2.04. The quantitative estimate of drug-likeness (QED) is 0.448. The molecule has 8 nitrogen and oxygen atoms in total. The van der Waals surface area contributed by atoms with Gasteiger partial charge < -0.3 is 5.11 Å². The average Bonchev–Trinajstić information content (AvgIpc) is 3.46. The van der Waals surface area contributed by atoms with E-state index in [2.05, 4.69) is 20.9 Å². The topological polar surface area (TPSA) is 109 Å². The summed E-state index contributed by atoms with van der Waals surface area (Å²) in [5.74, 6) is -1.60. The van der Waals surface area contributed by atoms with Gasteiger partial charge in [0.2, 0.25) is 0 Å². The Kier molecular flexibility index (Phi) is 4.87. The Bertz CT molecular complexity index is 1120. The highest BCUT2D eigenvalue weighted by atomic mass is 32.1. The monoisotopic (exact) mass is 411 g/mol. The Morgan fingerprint density at radius 2 is 1.79 bits per heavy atom. The van der Waals surface area contributed by atoms with E-state index in [1.807, 2.05) is 35.7 Å². The van der Waals surface area contributed by atoms with Gasteiger partial charge in [0.15, 0.2) is 11.4 Å². The third kappa shape index (κ3) is 3.63. The zero-order valence-electron chi connectivity index (χ0n) is 14.2. The fraction of sp³-hybridized carbons (Fsp3) is 0. The van der Waals surface area contributed by atoms with E-state index in [1.54, 1.807) is 17.5 Å². The minimum Gasteiger partial charge on any atom is -0.504 e. The molecule has 10 heteroatoms. The Labute approximate surface area is 167 Å². The van der Waals surface area contributed by atoms with Gasteiger partial charge in [0.05, 0.1) is 16.8 Å². The number of carbonyl (C=O) groups excluding carboxylic acids is 2. The van der Waals surface area contributed by atoms with E-state index in [4.69, 9.17) is 0 Å². The van der Waals surface area contributed by atoms with E-state index in [0.717, 1.165) is 9.88 Å². The highest BCUT2D eigenvalue weighted by molar-refractivity contribution is 7.20. The largest absolute Gasteiger partial charge is 0.504 e. The fourth-order valence-electron chi connectivity index (χ4n) is 2.37. The van der Waals surface area contributed by atoms with Crippen LogP contribution in [-0.2, 0) is 0 Å². The Hall–Kier alpha value is -3.50. The van der Waals surface area contributed by atoms with Crippen LogP contribution in [0.4, 0.5) is 0 Å². The highest BCUT2D eigenvalue weighted by Gasteiger charge is 2.19. The summed E-state index contributed by atoms with van der Waals surface area (Å²) in [7, 11) is 0. The van der Waals surface area contributed by atoms with Gasteiger partial charge in [0.1, 0.15) is 10.7 Å². The SMILES string of the molecule is O=C(NNC(=O)c1nn(-c2ccccc2)cc1O)c1csc(-c2cccs2)n1. The molecule has 0 unspecified atom stereocenters. The van der Waals surface area contributed by atoms with Crippen molar-refractivity contribution in [3.63, 3.8) is 0 Å². The number of aromatic hydroxyl groups is 1. The number of nitrogens with zero attached hydrogens (tertiary/aromatic N) is 3. The minimum absolute atomic E-state index is 0.188. The molecule has 4 rings (SSSR count). The molecular formula is C18H13N5O3S2. The minimum atomic E-state index is -0.741. The molecule has 3 heterocycles. The summed E-state index contributed by atoms with van der Waals surface area (Å²) in [6.07, 6.45) is 1.32. The zero-order valence-corrected chi connectivity index (χ0v) is 15.8. The summed E-state index contributed by atoms with van der Waals surface area (Å²) in [6.45, 7) is 0. The fourth-order valence-corrected chi connectivity index (χ4v) is 3.98. The molecule has 0 saturated carbocycles. The van der Waals surface area contributed by atoms with Gasteiger partial charge in [-0.1, -0.05) is 24.3 Å². The number of carbonyl (C=O) groups is 2. The van der Waals surface area contributed by atoms with Crippen molar-refractivity contribution in [3.05, 3.63) is 70.8 Å². The van der Waals surface area contributed by atoms with Crippen molar-refractivity contribution in [2.45, 2.75) is 0 Å². The number of hydrogen-bond donors (Lipinski definition) is 3. The van der Waals surface area contributed by atoms with Crippen molar-refractivity contribution in [1.29, 1.82) is 0 Å². The van der Waals surface area contributed by atoms with Crippen molar-refractivity contribution in [3.8, 4) is 21.3 Å². The number of aromatic nitrogens is 3. The van der Waals surface area contributed by atoms with E-state index in [0.29, 0.717) is 5.69 Å². The van der Waals surface area contributed by atoms with E-state index in [1.165, 1.54) is 33.6 Å². The molecule has 0 radical (unpaired) electrons. The first-order valence-electron chi connectivity index (χ1n) is 8.06. The van der Waals surface area contributed by atoms with E-state index in [9.17, 15) is 14.7 Å². The lowest BCUT2D eigenvalue weighted by atomic mass is 10.3. The molecule has 0 aliphatic rings. The second-order valence-corrected chi connectivity index (χ2v) is 7.37. The number of para-hydroxylation sites is 1. The summed E-state index contributed by atoms with van der Waals surface area (Å²) in [5, 5.41) is 18.3. The lowest BCUT2D eigenvalue weighted by Crippen LogP contribution is -2.42. The van der Waals surface area contributed by atoms with Crippen LogP contribution in [0.25, 0.3) is 15.6 Å². The molecule has 0 spiro atoms. The molecule has 2 amide bonds. The van der Waals surface area contributed by atoms with Crippen LogP contribution in [0, 0.1) is 0 Å². The molecule has 3 aromatic heterocycles. The number of amides is 2. The molecule has 0 saturated heterocycles. The predicted octanol–water partition coefficient (Wildman–Crippen LogP) is 2.84. The Morgan fingerprint density at radius 1 is 1.00 bits per heavy atom. The molecule has 0 atom stereocenters. The molecule has 0 aliphatic carbocycles. The van der Waals surface area contributed by atoms with Gasteiger partial charge in [0.25, 0.3) is 11.8 Å². The first-order chi connectivity index (χ1) is 13.6. The summed E-state index contributed by atoms with van der Waals surface area (Å²) in [5.41, 5.74) is 5.19. The third-order valence-corrected chi connectivity index (χ3v) is 5.57. The van der Waals surface area contributed by atoms with Crippen LogP contribution < -0.4 is 10.9 Å². The van der Waals surface area contributed by atoms with Crippen LogP contribution in [0.1, 0.15) is 21.0 Å². The van der Waals surface area contributed by atoms with Crippen molar-refractivity contribution in [2.75, 3.05) is 0 Å². The molecule has 0 aliphatic heterocycles. The van der Waals surface area contributed by atoms with Crippen LogP contribution in [-0.4, -0.2) is 31.7 Å². The van der Waals surface area contributed by atoms with Crippen molar-refractivity contribution in [1.82, 2.24) is 25.6 Å². The number of hydrogen-bond acceptors (Lipinski definition) is 7. The molecule has 3 N–H and O–H groups in total. The van der Waals surface area contributed by atoms with Gasteiger partial charge in [-0.2, -0.15) is 5.10 Å². The van der Waals surface area contributed by atoms with Crippen LogP contribution in [0.2, 0.25) is 0 Å². The first kappa shape index (κ1) is 17.9. The van der Waals surface area contributed by atoms with Crippen molar-refractivity contribution in [2.24, 2.45) is 0 Å². The van der Waals surface area contributed by atoms with Gasteiger partial charge in [-0.3, -0.25) is 20.4 Å². The van der Waals surface area contributed by atoms with Gasteiger partial charge in [0, 0.05) is 5.38 Å². The molecule has 140 valence electrons. The van der Waals surface area contributed by atoms with E-state index in [-0.39, 0.29) is 17.1 Å². The number of thiophene rings is 1. The van der Waals surface area contributed by atoms with Gasteiger partial charge in [-0.15, -0.1) is 22.7 Å². The normalized spacial score (nSPS) is 10.6. The maximum absolute atomic E-state index is 12.3. The lowest BCUT2D eigenvalue weighted by molar-refractivity contribution is 0.0840. The molecular weight excluding hydrogens is 398 g/mol. The van der Waals surface area contributed by atoms with Crippen LogP contribution >= 0.6 is 22.7 Å². The maximum Gasteiger partial charge on any atom is 0.294 e. The maximum atomic E-state index is 12.3. The number of benzene rings is 1. The number of thiazole rings is 1. The van der Waals surface area contributed by atoms with Crippen LogP contribution in [0.5, 0.6) is 5.75 Å². The number of hydrazine groups is 1. The first-order valence-corrected chi connectivity index (χ1v) is 9.82. The zero-order chi connectivity index (χ0) is 19.5. The van der Waals surface area contributed by atoms with Crippen LogP contribution in [0.3, 0.4) is 0 Å². The van der Waals surface area contributed by atoms with Crippen molar-refractivity contribution < 1.29 is 14.7 Å². The highest BCUT2D eigenvalue weighted by Crippen LogP contribution is 2.27. The second-order valence-electron chi connectivity index (χ2n) is 5.57. The molecule has 0 bridgehead atoms. The van der Waals surface area contributed by atoms with E-state index >= 15 is 0 Å². The predicted molar refractivity (Wildman–Crippen MR) is 106 cm³/mol. The molecule has 28 heavy (non-hydrogen) atoms. The van der Waals surface area contributed by atoms with Crippen LogP contribution in [0.15, 0.2) is 59.4 Å². The van der Waals surface area contributed by atoms with E-state index < -0.39 is 11.8 Å². The Morgan fingerprint density at radius 3 is 2.54 bits per heavy atom. The van der Waals surface area contributed by atoms with Crippen molar-refractivity contribution >= 4 is 34.5 Å². The second kappa shape index (κ2) is 7.62. The number of nitrogens with one attached hydrogen (secondary N) is 2. The summed E-state index contributed by atoms with van der Waals surface area (Å²) >= 11 is 2.87. The Balaban J connectivity index is 1.42. The summed E-state index contributed by atoms with van der Waals surface area (Å²) < 4.78 is 1.37. The van der Waals surface area contributed by atoms with Gasteiger partial charge in [-0.25, -0.2) is 9.67 Å². The number of rotatable bonds is 4. The van der Waals surface area contributed by atoms with Gasteiger partial charge in [-0.05, 0) is 23.6 Å². The molecule has 1 aromatic carbocycles. The smallest absolute Gasteiger partial charge is 0.294 e. The van der Waals surface area contributed by atoms with Gasteiger partial charge >= 0.3 is 0 Å².